The number of hydrogen-bond acceptors (Lipinski definition) is 2. The maximum absolute atomic E-state index is 11.7. The first-order chi connectivity index (χ1) is 6.97. The van der Waals surface area contributed by atoms with Gasteiger partial charge in [0.25, 0.3) is 0 Å². The molecule has 0 radical (unpaired) electrons. The van der Waals surface area contributed by atoms with Crippen LogP contribution in [0.2, 0.25) is 0 Å². The molecular formula is C9H14F3NOS. The van der Waals surface area contributed by atoms with E-state index in [2.05, 4.69) is 5.32 Å². The van der Waals surface area contributed by atoms with Gasteiger partial charge in [-0.1, -0.05) is 12.8 Å². The second-order valence-electron chi connectivity index (χ2n) is 3.69. The molecule has 1 aliphatic carbocycles. The van der Waals surface area contributed by atoms with Crippen molar-refractivity contribution in [3.63, 3.8) is 0 Å². The van der Waals surface area contributed by atoms with Crippen molar-refractivity contribution < 1.29 is 18.0 Å². The average molecular weight is 241 g/mol. The predicted octanol–water partition coefficient (Wildman–Crippen LogP) is 2.55. The lowest BCUT2D eigenvalue weighted by molar-refractivity contribution is -0.119. The second kappa shape index (κ2) is 5.63. The molecule has 0 aromatic heterocycles. The van der Waals surface area contributed by atoms with E-state index in [1.54, 1.807) is 0 Å². The second-order valence-corrected chi connectivity index (χ2v) is 4.73. The van der Waals surface area contributed by atoms with Gasteiger partial charge < -0.3 is 5.32 Å². The summed E-state index contributed by atoms with van der Waals surface area (Å²) in [5, 5.41) is 2.54. The number of halogens is 3. The zero-order chi connectivity index (χ0) is 11.3. The Balaban J connectivity index is 2.08. The Morgan fingerprint density at radius 2 is 1.93 bits per heavy atom. The summed E-state index contributed by atoms with van der Waals surface area (Å²) in [5.74, 6) is -0.593. The molecule has 1 amide bonds. The van der Waals surface area contributed by atoms with E-state index in [1.165, 1.54) is 0 Å². The van der Waals surface area contributed by atoms with Gasteiger partial charge in [-0.2, -0.15) is 13.2 Å². The van der Waals surface area contributed by atoms with Gasteiger partial charge in [0.2, 0.25) is 5.91 Å². The largest absolute Gasteiger partial charge is 0.442 e. The van der Waals surface area contributed by atoms with Crippen molar-refractivity contribution in [3.05, 3.63) is 0 Å². The summed E-state index contributed by atoms with van der Waals surface area (Å²) < 4.78 is 35.2. The van der Waals surface area contributed by atoms with Crippen molar-refractivity contribution in [3.8, 4) is 0 Å². The number of rotatable bonds is 4. The van der Waals surface area contributed by atoms with E-state index in [4.69, 9.17) is 0 Å². The summed E-state index contributed by atoms with van der Waals surface area (Å²) in [7, 11) is 0. The van der Waals surface area contributed by atoms with E-state index in [1.807, 2.05) is 0 Å². The lowest BCUT2D eigenvalue weighted by atomic mass is 10.1. The fourth-order valence-electron chi connectivity index (χ4n) is 1.67. The van der Waals surface area contributed by atoms with Crippen molar-refractivity contribution in [2.24, 2.45) is 5.92 Å². The van der Waals surface area contributed by atoms with Gasteiger partial charge in [-0.3, -0.25) is 4.79 Å². The van der Waals surface area contributed by atoms with E-state index < -0.39 is 17.2 Å². The lowest BCUT2D eigenvalue weighted by Gasteiger charge is -2.10. The summed E-state index contributed by atoms with van der Waals surface area (Å²) in [4.78, 5) is 11.0. The maximum Gasteiger partial charge on any atom is 0.442 e. The first kappa shape index (κ1) is 12.7. The Morgan fingerprint density at radius 1 is 1.33 bits per heavy atom. The van der Waals surface area contributed by atoms with Gasteiger partial charge in [0.1, 0.15) is 0 Å². The molecule has 0 aromatic rings. The van der Waals surface area contributed by atoms with Crippen molar-refractivity contribution in [2.45, 2.75) is 31.2 Å². The number of carbonyl (C=O) groups is 1. The molecule has 0 aliphatic heterocycles. The first-order valence-electron chi connectivity index (χ1n) is 4.95. The van der Waals surface area contributed by atoms with Crippen LogP contribution in [-0.4, -0.2) is 23.7 Å². The molecule has 0 atom stereocenters. The Morgan fingerprint density at radius 3 is 2.47 bits per heavy atom. The quantitative estimate of drug-likeness (QED) is 0.819. The third-order valence-electron chi connectivity index (χ3n) is 2.43. The van der Waals surface area contributed by atoms with Crippen molar-refractivity contribution in [1.29, 1.82) is 0 Å². The lowest BCUT2D eigenvalue weighted by Crippen LogP contribution is -2.30. The summed E-state index contributed by atoms with van der Waals surface area (Å²) in [6.45, 7) is 0.525. The summed E-state index contributed by atoms with van der Waals surface area (Å²) >= 11 is -0.288. The van der Waals surface area contributed by atoms with Gasteiger partial charge in [-0.25, -0.2) is 0 Å². The molecular weight excluding hydrogens is 227 g/mol. The van der Waals surface area contributed by atoms with E-state index in [9.17, 15) is 18.0 Å². The summed E-state index contributed by atoms with van der Waals surface area (Å²) in [6.07, 6.45) is 4.48. The minimum atomic E-state index is -4.31. The van der Waals surface area contributed by atoms with Gasteiger partial charge in [-0.15, -0.1) is 0 Å². The molecule has 6 heteroatoms. The Hall–Kier alpha value is -0.390. The number of hydrogen-bond donors (Lipinski definition) is 1. The monoisotopic (exact) mass is 241 g/mol. The van der Waals surface area contributed by atoms with Crippen LogP contribution < -0.4 is 5.32 Å². The molecule has 1 fully saturated rings. The highest BCUT2D eigenvalue weighted by molar-refractivity contribution is 8.00. The molecule has 1 aliphatic rings. The molecule has 0 bridgehead atoms. The molecule has 2 nitrogen and oxygen atoms in total. The first-order valence-corrected chi connectivity index (χ1v) is 5.93. The minimum Gasteiger partial charge on any atom is -0.355 e. The predicted molar refractivity (Wildman–Crippen MR) is 53.5 cm³/mol. The van der Waals surface area contributed by atoms with Gasteiger partial charge in [0, 0.05) is 6.54 Å². The fraction of sp³-hybridized carbons (Fsp3) is 0.889. The molecule has 0 unspecified atom stereocenters. The number of carbonyl (C=O) groups excluding carboxylic acids is 1. The van der Waals surface area contributed by atoms with Crippen LogP contribution in [0.3, 0.4) is 0 Å². The van der Waals surface area contributed by atoms with Crippen LogP contribution in [0.1, 0.15) is 25.7 Å². The molecule has 88 valence electrons. The van der Waals surface area contributed by atoms with Crippen molar-refractivity contribution in [1.82, 2.24) is 5.32 Å². The van der Waals surface area contributed by atoms with Gasteiger partial charge in [0.05, 0.1) is 5.75 Å². The highest BCUT2D eigenvalue weighted by atomic mass is 32.2. The Kier molecular flexibility index (Phi) is 4.76. The Labute approximate surface area is 91.0 Å². The summed E-state index contributed by atoms with van der Waals surface area (Å²) in [5.41, 5.74) is -4.31. The van der Waals surface area contributed by atoms with Crippen molar-refractivity contribution >= 4 is 17.7 Å². The number of amides is 1. The van der Waals surface area contributed by atoms with Crippen LogP contribution in [0.15, 0.2) is 0 Å². The van der Waals surface area contributed by atoms with Crippen LogP contribution in [-0.2, 0) is 4.79 Å². The van der Waals surface area contributed by atoms with Crippen LogP contribution in [0.25, 0.3) is 0 Å². The Bertz CT molecular complexity index is 214. The van der Waals surface area contributed by atoms with Crippen molar-refractivity contribution in [2.75, 3.05) is 12.3 Å². The van der Waals surface area contributed by atoms with Crippen LogP contribution in [0, 0.1) is 5.92 Å². The fourth-order valence-corrected chi connectivity index (χ4v) is 2.07. The molecule has 0 aromatic carbocycles. The normalized spacial score (nSPS) is 18.1. The van der Waals surface area contributed by atoms with Crippen LogP contribution in [0.5, 0.6) is 0 Å². The average Bonchev–Trinajstić information content (AvgIpc) is 2.62. The van der Waals surface area contributed by atoms with Gasteiger partial charge in [-0.05, 0) is 30.5 Å². The molecule has 0 saturated heterocycles. The van der Waals surface area contributed by atoms with E-state index in [0.29, 0.717) is 12.5 Å². The van der Waals surface area contributed by atoms with E-state index in [0.717, 1.165) is 25.7 Å². The number of thioether (sulfide) groups is 1. The SMILES string of the molecule is O=C(CSC(F)(F)F)NCC1CCCC1. The smallest absolute Gasteiger partial charge is 0.355 e. The molecule has 1 saturated carbocycles. The van der Waals surface area contributed by atoms with Gasteiger partial charge >= 0.3 is 5.51 Å². The zero-order valence-electron chi connectivity index (χ0n) is 8.27. The minimum absolute atomic E-state index is 0.288. The standard InChI is InChI=1S/C9H14F3NOS/c10-9(11,12)15-6-8(14)13-5-7-3-1-2-4-7/h7H,1-6H2,(H,13,14). The highest BCUT2D eigenvalue weighted by Gasteiger charge is 2.29. The summed E-state index contributed by atoms with van der Waals surface area (Å²) in [6, 6.07) is 0. The highest BCUT2D eigenvalue weighted by Crippen LogP contribution is 2.29. The van der Waals surface area contributed by atoms with E-state index in [-0.39, 0.29) is 11.8 Å². The van der Waals surface area contributed by atoms with E-state index >= 15 is 0 Å². The molecule has 15 heavy (non-hydrogen) atoms. The topological polar surface area (TPSA) is 29.1 Å². The maximum atomic E-state index is 11.7. The molecule has 0 heterocycles. The number of nitrogens with one attached hydrogen (secondary N) is 1. The third-order valence-corrected chi connectivity index (χ3v) is 3.16. The number of alkyl halides is 3. The van der Waals surface area contributed by atoms with Crippen LogP contribution in [0.4, 0.5) is 13.2 Å². The molecule has 0 spiro atoms. The third kappa shape index (κ3) is 5.92. The zero-order valence-corrected chi connectivity index (χ0v) is 9.09. The molecule has 1 N–H and O–H groups in total. The van der Waals surface area contributed by atoms with Gasteiger partial charge in [0.15, 0.2) is 0 Å². The molecule has 1 rings (SSSR count). The van der Waals surface area contributed by atoms with Crippen LogP contribution >= 0.6 is 11.8 Å².